The fourth-order valence-electron chi connectivity index (χ4n) is 9.63. The first kappa shape index (κ1) is 36.1. The Bertz CT molecular complexity index is 3410. The van der Waals surface area contributed by atoms with Gasteiger partial charge in [0.15, 0.2) is 17.5 Å². The number of fused-ring (bicyclic) bond motifs is 6. The molecule has 1 aliphatic rings. The minimum atomic E-state index is -0.542. The summed E-state index contributed by atoms with van der Waals surface area (Å²) in [5.74, 6) is 1.88. The van der Waals surface area contributed by atoms with Crippen LogP contribution in [0.25, 0.3) is 87.7 Å². The van der Waals surface area contributed by atoms with Crippen molar-refractivity contribution in [2.75, 3.05) is 0 Å². The molecule has 0 radical (unpaired) electrons. The van der Waals surface area contributed by atoms with E-state index >= 15 is 0 Å². The number of rotatable bonds is 7. The van der Waals surface area contributed by atoms with Gasteiger partial charge in [-0.15, -0.1) is 11.3 Å². The van der Waals surface area contributed by atoms with E-state index in [1.807, 2.05) is 17.4 Å². The van der Waals surface area contributed by atoms with E-state index in [0.29, 0.717) is 17.5 Å². The van der Waals surface area contributed by atoms with Gasteiger partial charge in [0.2, 0.25) is 0 Å². The third kappa shape index (κ3) is 5.83. The van der Waals surface area contributed by atoms with Gasteiger partial charge in [0, 0.05) is 36.9 Å². The summed E-state index contributed by atoms with van der Waals surface area (Å²) in [6.07, 6.45) is 0. The maximum absolute atomic E-state index is 5.31. The first-order valence-corrected chi connectivity index (χ1v) is 21.8. The van der Waals surface area contributed by atoms with Crippen LogP contribution < -0.4 is 0 Å². The summed E-state index contributed by atoms with van der Waals surface area (Å²) in [7, 11) is 0. The van der Waals surface area contributed by atoms with Crippen molar-refractivity contribution in [2.45, 2.75) is 5.41 Å². The van der Waals surface area contributed by atoms with Crippen molar-refractivity contribution in [3.8, 4) is 67.5 Å². The van der Waals surface area contributed by atoms with Crippen molar-refractivity contribution in [3.05, 3.63) is 247 Å². The van der Waals surface area contributed by atoms with Gasteiger partial charge < -0.3 is 0 Å². The molecule has 0 saturated carbocycles. The molecule has 12 rings (SSSR count). The summed E-state index contributed by atoms with van der Waals surface area (Å²) < 4.78 is 2.59. The molecule has 0 spiro atoms. The fraction of sp³-hybridized carbons (Fsp3) is 0.0172. The Morgan fingerprint density at radius 1 is 0.306 bits per heavy atom. The predicted octanol–water partition coefficient (Wildman–Crippen LogP) is 14.9. The van der Waals surface area contributed by atoms with Gasteiger partial charge in [0.25, 0.3) is 0 Å². The van der Waals surface area contributed by atoms with E-state index in [4.69, 9.17) is 15.0 Å². The van der Waals surface area contributed by atoms with Crippen molar-refractivity contribution in [1.82, 2.24) is 15.0 Å². The lowest BCUT2D eigenvalue weighted by Gasteiger charge is -2.34. The number of hydrogen-bond donors (Lipinski definition) is 0. The molecule has 290 valence electrons. The largest absolute Gasteiger partial charge is 0.208 e. The van der Waals surface area contributed by atoms with Crippen LogP contribution >= 0.6 is 11.3 Å². The highest BCUT2D eigenvalue weighted by Gasteiger charge is 2.46. The minimum Gasteiger partial charge on any atom is -0.208 e. The SMILES string of the molecule is c1ccc(-c2cccc(-c3nc(-c4ccc(-c5cccc6sc7ccccc7c56)cc4)nc(-c4ccc5c(c4)C(c4ccccc4)(c4ccccc4)c4ccccc4-5)n3)c2)cc1. The van der Waals surface area contributed by atoms with Gasteiger partial charge in [-0.2, -0.15) is 0 Å². The van der Waals surface area contributed by atoms with Crippen LogP contribution in [0.4, 0.5) is 0 Å². The van der Waals surface area contributed by atoms with Crippen molar-refractivity contribution in [3.63, 3.8) is 0 Å². The summed E-state index contributed by atoms with van der Waals surface area (Å²) in [6, 6.07) is 80.4. The molecule has 0 atom stereocenters. The molecule has 4 heteroatoms. The molecule has 0 aliphatic heterocycles. The number of benzene rings is 9. The quantitative estimate of drug-likeness (QED) is 0.161. The molecule has 62 heavy (non-hydrogen) atoms. The summed E-state index contributed by atoms with van der Waals surface area (Å²) >= 11 is 1.84. The average molecular weight is 808 g/mol. The van der Waals surface area contributed by atoms with Gasteiger partial charge in [-0.25, -0.2) is 15.0 Å². The van der Waals surface area contributed by atoms with E-state index in [2.05, 4.69) is 218 Å². The number of aromatic nitrogens is 3. The molecular weight excluding hydrogens is 771 g/mol. The smallest absolute Gasteiger partial charge is 0.164 e. The zero-order valence-corrected chi connectivity index (χ0v) is 34.4. The molecule has 0 N–H and O–H groups in total. The van der Waals surface area contributed by atoms with E-state index in [9.17, 15) is 0 Å². The summed E-state index contributed by atoms with van der Waals surface area (Å²) in [5, 5.41) is 2.59. The molecule has 2 aromatic heterocycles. The van der Waals surface area contributed by atoms with Crippen LogP contribution in [0.1, 0.15) is 22.3 Å². The van der Waals surface area contributed by atoms with Gasteiger partial charge in [0.1, 0.15) is 0 Å². The Kier molecular flexibility index (Phi) is 8.58. The summed E-state index contributed by atoms with van der Waals surface area (Å²) in [6.45, 7) is 0. The van der Waals surface area contributed by atoms with Crippen LogP contribution in [0, 0.1) is 0 Å². The van der Waals surface area contributed by atoms with Crippen molar-refractivity contribution >= 4 is 31.5 Å². The van der Waals surface area contributed by atoms with Crippen LogP contribution in [-0.4, -0.2) is 15.0 Å². The molecule has 1 aliphatic carbocycles. The normalized spacial score (nSPS) is 12.6. The molecule has 9 aromatic carbocycles. The van der Waals surface area contributed by atoms with Gasteiger partial charge in [-0.1, -0.05) is 200 Å². The molecule has 0 bridgehead atoms. The standard InChI is InChI=1S/C58H37N3S/c1-4-16-38(17-5-1)41-18-14-19-42(36-41)56-59-55(40-32-30-39(31-33-40)46-26-15-29-53-54(46)49-25-11-13-28-52(49)62-53)60-57(61-56)43-34-35-48-47-24-10-12-27-50(47)58(51(48)37-43,44-20-6-2-7-21-44)45-22-8-3-9-23-45/h1-37H. The monoisotopic (exact) mass is 807 g/mol. The first-order chi connectivity index (χ1) is 30.7. The number of thiophene rings is 1. The van der Waals surface area contributed by atoms with Crippen LogP contribution in [0.15, 0.2) is 224 Å². The summed E-state index contributed by atoms with van der Waals surface area (Å²) in [4.78, 5) is 15.8. The molecule has 11 aromatic rings. The third-order valence-electron chi connectivity index (χ3n) is 12.4. The maximum atomic E-state index is 5.31. The Morgan fingerprint density at radius 3 is 1.55 bits per heavy atom. The lowest BCUT2D eigenvalue weighted by molar-refractivity contribution is 0.768. The highest BCUT2D eigenvalue weighted by Crippen LogP contribution is 2.56. The Balaban J connectivity index is 1.04. The van der Waals surface area contributed by atoms with E-state index in [1.165, 1.54) is 59.1 Å². The van der Waals surface area contributed by atoms with Crippen LogP contribution in [-0.2, 0) is 5.41 Å². The second-order valence-corrected chi connectivity index (χ2v) is 17.0. The van der Waals surface area contributed by atoms with Crippen molar-refractivity contribution < 1.29 is 0 Å². The van der Waals surface area contributed by atoms with Crippen molar-refractivity contribution in [2.24, 2.45) is 0 Å². The van der Waals surface area contributed by atoms with Gasteiger partial charge >= 0.3 is 0 Å². The minimum absolute atomic E-state index is 0.542. The van der Waals surface area contributed by atoms with Crippen LogP contribution in [0.5, 0.6) is 0 Å². The Morgan fingerprint density at radius 2 is 0.806 bits per heavy atom. The number of hydrogen-bond acceptors (Lipinski definition) is 4. The molecule has 0 amide bonds. The topological polar surface area (TPSA) is 38.7 Å². The Labute approximate surface area is 364 Å². The summed E-state index contributed by atoms with van der Waals surface area (Å²) in [5.41, 5.74) is 14.3. The predicted molar refractivity (Wildman–Crippen MR) is 257 cm³/mol. The molecule has 2 heterocycles. The lowest BCUT2D eigenvalue weighted by Crippen LogP contribution is -2.28. The third-order valence-corrected chi connectivity index (χ3v) is 13.6. The molecular formula is C58H37N3S. The van der Waals surface area contributed by atoms with E-state index in [0.717, 1.165) is 33.4 Å². The molecule has 3 nitrogen and oxygen atoms in total. The fourth-order valence-corrected chi connectivity index (χ4v) is 10.8. The molecule has 0 fully saturated rings. The highest BCUT2D eigenvalue weighted by atomic mass is 32.1. The second kappa shape index (κ2) is 14.7. The van der Waals surface area contributed by atoms with Crippen LogP contribution in [0.3, 0.4) is 0 Å². The zero-order chi connectivity index (χ0) is 41.0. The van der Waals surface area contributed by atoms with E-state index < -0.39 is 5.41 Å². The van der Waals surface area contributed by atoms with Crippen LogP contribution in [0.2, 0.25) is 0 Å². The van der Waals surface area contributed by atoms with E-state index in [1.54, 1.807) is 0 Å². The lowest BCUT2D eigenvalue weighted by atomic mass is 9.67. The zero-order valence-electron chi connectivity index (χ0n) is 33.6. The molecule has 0 saturated heterocycles. The first-order valence-electron chi connectivity index (χ1n) is 21.0. The second-order valence-electron chi connectivity index (χ2n) is 15.9. The van der Waals surface area contributed by atoms with Gasteiger partial charge in [0.05, 0.1) is 5.41 Å². The Hall–Kier alpha value is -7.79. The average Bonchev–Trinajstić information content (AvgIpc) is 3.89. The van der Waals surface area contributed by atoms with Crippen molar-refractivity contribution in [1.29, 1.82) is 0 Å². The van der Waals surface area contributed by atoms with E-state index in [-0.39, 0.29) is 0 Å². The van der Waals surface area contributed by atoms with Gasteiger partial charge in [-0.05, 0) is 79.9 Å². The van der Waals surface area contributed by atoms with Gasteiger partial charge in [-0.3, -0.25) is 0 Å². The molecule has 0 unspecified atom stereocenters. The number of nitrogens with zero attached hydrogens (tertiary/aromatic N) is 3. The highest BCUT2D eigenvalue weighted by molar-refractivity contribution is 7.25. The maximum Gasteiger partial charge on any atom is 0.164 e.